The van der Waals surface area contributed by atoms with Crippen LogP contribution in [-0.2, 0) is 9.53 Å². The topological polar surface area (TPSA) is 50.4 Å². The van der Waals surface area contributed by atoms with E-state index >= 15 is 0 Å². The van der Waals surface area contributed by atoms with Crippen LogP contribution in [0.25, 0.3) is 0 Å². The minimum absolute atomic E-state index is 0.192. The maximum absolute atomic E-state index is 12.4. The van der Waals surface area contributed by atoms with Crippen LogP contribution in [0.15, 0.2) is 0 Å². The predicted molar refractivity (Wildman–Crippen MR) is 85.4 cm³/mol. The molecule has 4 heteroatoms. The predicted octanol–water partition coefficient (Wildman–Crippen LogP) is 2.09. The fraction of sp³-hybridized carbons (Fsp3) is 0.944. The van der Waals surface area contributed by atoms with E-state index in [-0.39, 0.29) is 11.9 Å². The number of rotatable bonds is 4. The van der Waals surface area contributed by atoms with Gasteiger partial charge in [0.05, 0.1) is 13.2 Å². The van der Waals surface area contributed by atoms with Gasteiger partial charge in [-0.05, 0) is 68.6 Å². The second-order valence-electron chi connectivity index (χ2n) is 8.50. The van der Waals surface area contributed by atoms with Gasteiger partial charge in [-0.3, -0.25) is 4.79 Å². The van der Waals surface area contributed by atoms with Gasteiger partial charge >= 0.3 is 0 Å². The van der Waals surface area contributed by atoms with Crippen molar-refractivity contribution in [2.75, 3.05) is 19.8 Å². The van der Waals surface area contributed by atoms with Crippen LogP contribution in [-0.4, -0.2) is 37.7 Å². The maximum atomic E-state index is 12.4. The smallest absolute Gasteiger partial charge is 0.221 e. The Labute approximate surface area is 133 Å². The highest BCUT2D eigenvalue weighted by molar-refractivity contribution is 5.77. The molecule has 0 aromatic rings. The van der Waals surface area contributed by atoms with E-state index < -0.39 is 0 Å². The van der Waals surface area contributed by atoms with E-state index in [0.717, 1.165) is 30.9 Å². The summed E-state index contributed by atoms with van der Waals surface area (Å²) in [6.07, 6.45) is 8.99. The average Bonchev–Trinajstić information content (AvgIpc) is 2.46. The van der Waals surface area contributed by atoms with Crippen molar-refractivity contribution in [3.63, 3.8) is 0 Å². The summed E-state index contributed by atoms with van der Waals surface area (Å²) in [6, 6.07) is 0.523. The largest absolute Gasteiger partial charge is 0.378 e. The zero-order valence-corrected chi connectivity index (χ0v) is 13.8. The lowest BCUT2D eigenvalue weighted by Gasteiger charge is -2.59. The van der Waals surface area contributed by atoms with Gasteiger partial charge in [-0.1, -0.05) is 0 Å². The van der Waals surface area contributed by atoms with Crippen LogP contribution < -0.4 is 10.6 Å². The van der Waals surface area contributed by atoms with E-state index in [1.54, 1.807) is 0 Å². The van der Waals surface area contributed by atoms with E-state index in [0.29, 0.717) is 24.5 Å². The van der Waals surface area contributed by atoms with E-state index in [2.05, 4.69) is 17.6 Å². The van der Waals surface area contributed by atoms with E-state index in [1.165, 1.54) is 38.5 Å². The molecule has 22 heavy (non-hydrogen) atoms. The molecule has 4 nitrogen and oxygen atoms in total. The van der Waals surface area contributed by atoms with Crippen molar-refractivity contribution in [3.05, 3.63) is 0 Å². The van der Waals surface area contributed by atoms with Crippen molar-refractivity contribution >= 4 is 5.91 Å². The SMILES string of the molecule is CC(NC(=O)CC1COCCN1)C12CC3CC(CC(C3)C1)C2. The van der Waals surface area contributed by atoms with E-state index in [4.69, 9.17) is 4.74 Å². The summed E-state index contributed by atoms with van der Waals surface area (Å²) in [6.45, 7) is 4.55. The van der Waals surface area contributed by atoms with Crippen molar-refractivity contribution < 1.29 is 9.53 Å². The Morgan fingerprint density at radius 3 is 2.41 bits per heavy atom. The van der Waals surface area contributed by atoms with Crippen LogP contribution in [0.3, 0.4) is 0 Å². The van der Waals surface area contributed by atoms with Gasteiger partial charge in [0.1, 0.15) is 0 Å². The second-order valence-corrected chi connectivity index (χ2v) is 8.50. The highest BCUT2D eigenvalue weighted by atomic mass is 16.5. The summed E-state index contributed by atoms with van der Waals surface area (Å²) in [4.78, 5) is 12.4. The molecule has 5 fully saturated rings. The van der Waals surface area contributed by atoms with Crippen LogP contribution in [0.5, 0.6) is 0 Å². The lowest BCUT2D eigenvalue weighted by atomic mass is 9.48. The molecule has 5 rings (SSSR count). The Morgan fingerprint density at radius 2 is 1.86 bits per heavy atom. The first kappa shape index (κ1) is 14.9. The first-order chi connectivity index (χ1) is 10.6. The minimum atomic E-state index is 0.192. The lowest BCUT2D eigenvalue weighted by Crippen LogP contribution is -2.56. The third-order valence-corrected chi connectivity index (χ3v) is 6.81. The zero-order chi connectivity index (χ0) is 15.2. The van der Waals surface area contributed by atoms with Gasteiger partial charge in [0.25, 0.3) is 0 Å². The molecule has 2 N–H and O–H groups in total. The molecule has 0 aromatic heterocycles. The van der Waals surface area contributed by atoms with Crippen LogP contribution in [0.2, 0.25) is 0 Å². The molecular weight excluding hydrogens is 276 g/mol. The van der Waals surface area contributed by atoms with Gasteiger partial charge in [-0.2, -0.15) is 0 Å². The molecule has 1 aliphatic heterocycles. The molecule has 0 radical (unpaired) electrons. The fourth-order valence-corrected chi connectivity index (χ4v) is 6.14. The van der Waals surface area contributed by atoms with Gasteiger partial charge < -0.3 is 15.4 Å². The third kappa shape index (κ3) is 2.80. The summed E-state index contributed by atoms with van der Waals surface area (Å²) in [5.41, 5.74) is 0.404. The van der Waals surface area contributed by atoms with Crippen molar-refractivity contribution in [1.82, 2.24) is 10.6 Å². The third-order valence-electron chi connectivity index (χ3n) is 6.81. The molecule has 1 amide bonds. The van der Waals surface area contributed by atoms with Crippen LogP contribution in [0.1, 0.15) is 51.9 Å². The summed E-state index contributed by atoms with van der Waals surface area (Å²) >= 11 is 0. The molecule has 2 unspecified atom stereocenters. The number of carbonyl (C=O) groups excluding carboxylic acids is 1. The van der Waals surface area contributed by atoms with Gasteiger partial charge in [-0.15, -0.1) is 0 Å². The Hall–Kier alpha value is -0.610. The van der Waals surface area contributed by atoms with Gasteiger partial charge in [0, 0.05) is 25.0 Å². The van der Waals surface area contributed by atoms with Gasteiger partial charge in [-0.25, -0.2) is 0 Å². The van der Waals surface area contributed by atoms with Gasteiger partial charge in [0.15, 0.2) is 0 Å². The molecular formula is C18H30N2O2. The molecule has 4 saturated carbocycles. The summed E-state index contributed by atoms with van der Waals surface area (Å²) < 4.78 is 5.45. The van der Waals surface area contributed by atoms with Crippen molar-refractivity contribution in [1.29, 1.82) is 0 Å². The first-order valence-corrected chi connectivity index (χ1v) is 9.23. The Kier molecular flexibility index (Phi) is 3.93. The fourth-order valence-electron chi connectivity index (χ4n) is 6.14. The molecule has 4 aliphatic carbocycles. The normalized spacial score (nSPS) is 44.8. The summed E-state index contributed by atoms with van der Waals surface area (Å²) in [7, 11) is 0. The second kappa shape index (κ2) is 5.79. The Morgan fingerprint density at radius 1 is 1.23 bits per heavy atom. The molecule has 2 atom stereocenters. The summed E-state index contributed by atoms with van der Waals surface area (Å²) in [5, 5.41) is 6.72. The molecule has 0 spiro atoms. The molecule has 1 saturated heterocycles. The number of amides is 1. The zero-order valence-electron chi connectivity index (χ0n) is 13.8. The van der Waals surface area contributed by atoms with E-state index in [9.17, 15) is 4.79 Å². The maximum Gasteiger partial charge on any atom is 0.221 e. The van der Waals surface area contributed by atoms with Crippen LogP contribution >= 0.6 is 0 Å². The summed E-state index contributed by atoms with van der Waals surface area (Å²) in [5.74, 6) is 3.03. The van der Waals surface area contributed by atoms with E-state index in [1.807, 2.05) is 0 Å². The number of hydrogen-bond acceptors (Lipinski definition) is 3. The molecule has 4 bridgehead atoms. The highest BCUT2D eigenvalue weighted by Crippen LogP contribution is 2.61. The van der Waals surface area contributed by atoms with Gasteiger partial charge in [0.2, 0.25) is 5.91 Å². The minimum Gasteiger partial charge on any atom is -0.378 e. The highest BCUT2D eigenvalue weighted by Gasteiger charge is 2.53. The Bertz CT molecular complexity index is 396. The number of nitrogens with one attached hydrogen (secondary N) is 2. The first-order valence-electron chi connectivity index (χ1n) is 9.23. The van der Waals surface area contributed by atoms with Crippen molar-refractivity contribution in [2.24, 2.45) is 23.2 Å². The molecule has 0 aromatic carbocycles. The number of ether oxygens (including phenoxy) is 1. The van der Waals surface area contributed by atoms with Crippen molar-refractivity contribution in [2.45, 2.75) is 64.0 Å². The lowest BCUT2D eigenvalue weighted by molar-refractivity contribution is -0.127. The Balaban J connectivity index is 1.35. The number of carbonyl (C=O) groups is 1. The molecule has 1 heterocycles. The average molecular weight is 306 g/mol. The quantitative estimate of drug-likeness (QED) is 0.836. The van der Waals surface area contributed by atoms with Crippen LogP contribution in [0, 0.1) is 23.2 Å². The van der Waals surface area contributed by atoms with Crippen molar-refractivity contribution in [3.8, 4) is 0 Å². The monoisotopic (exact) mass is 306 g/mol. The number of hydrogen-bond donors (Lipinski definition) is 2. The molecule has 124 valence electrons. The molecule has 5 aliphatic rings. The van der Waals surface area contributed by atoms with Crippen LogP contribution in [0.4, 0.5) is 0 Å². The standard InChI is InChI=1S/C18H30N2O2/c1-12(20-17(21)7-16-11-22-3-2-19-16)18-8-13-4-14(9-18)6-15(5-13)10-18/h12-16,19H,2-11H2,1H3,(H,20,21). The number of morpholine rings is 1.